The molecular weight excluding hydrogens is 513 g/mol. The average molecular weight is 533 g/mol. The molecule has 3 aromatic carbocycles. The quantitative estimate of drug-likeness (QED) is 0.174. The summed E-state index contributed by atoms with van der Waals surface area (Å²) in [6.45, 7) is 2.78. The average Bonchev–Trinajstić information content (AvgIpc) is 3.28. The smallest absolute Gasteiger partial charge is 0.203 e. The number of hydrogen-bond donors (Lipinski definition) is 1. The Morgan fingerprint density at radius 1 is 0.971 bits per heavy atom. The molecule has 0 fully saturated rings. The number of anilines is 1. The van der Waals surface area contributed by atoms with Gasteiger partial charge in [0.15, 0.2) is 11.5 Å². The van der Waals surface area contributed by atoms with Crippen LogP contribution in [0.2, 0.25) is 15.1 Å². The van der Waals surface area contributed by atoms with Crippen LogP contribution in [0, 0.1) is 0 Å². The lowest BCUT2D eigenvalue weighted by Crippen LogP contribution is -2.01. The molecule has 1 N–H and O–H groups in total. The lowest BCUT2D eigenvalue weighted by atomic mass is 10.2. The molecule has 0 bridgehead atoms. The third kappa shape index (κ3) is 6.21. The minimum atomic E-state index is 0.346. The Kier molecular flexibility index (Phi) is 8.29. The molecule has 5 nitrogen and oxygen atoms in total. The number of thiazole rings is 1. The van der Waals surface area contributed by atoms with Crippen molar-refractivity contribution < 1.29 is 9.47 Å². The summed E-state index contributed by atoms with van der Waals surface area (Å²) in [6.07, 6.45) is 1.69. The highest BCUT2D eigenvalue weighted by Crippen LogP contribution is 2.33. The third-order valence-electron chi connectivity index (χ3n) is 4.69. The van der Waals surface area contributed by atoms with Gasteiger partial charge in [0.05, 0.1) is 23.5 Å². The highest BCUT2D eigenvalue weighted by molar-refractivity contribution is 7.14. The standard InChI is InChI=1S/C25H20Cl3N3O2S/c1-2-32-24-11-16(7-10-23(24)33-14-17-5-3-4-6-20(17)27)13-29-31-25-30-22(15-34-25)19-9-8-18(26)12-21(19)28/h3-13,15H,2,14H2,1H3,(H,30,31). The maximum absolute atomic E-state index is 6.28. The van der Waals surface area contributed by atoms with Crippen LogP contribution in [-0.2, 0) is 6.61 Å². The Labute approximate surface area is 216 Å². The lowest BCUT2D eigenvalue weighted by Gasteiger charge is -2.13. The van der Waals surface area contributed by atoms with Crippen molar-refractivity contribution in [2.24, 2.45) is 5.10 Å². The van der Waals surface area contributed by atoms with Gasteiger partial charge < -0.3 is 9.47 Å². The highest BCUT2D eigenvalue weighted by atomic mass is 35.5. The Balaban J connectivity index is 1.42. The number of rotatable bonds is 9. The van der Waals surface area contributed by atoms with Gasteiger partial charge in [0.2, 0.25) is 5.13 Å². The van der Waals surface area contributed by atoms with Crippen LogP contribution in [0.4, 0.5) is 5.13 Å². The second-order valence-corrected chi connectivity index (χ2v) is 9.16. The van der Waals surface area contributed by atoms with Gasteiger partial charge in [0, 0.05) is 26.6 Å². The molecule has 0 amide bonds. The Morgan fingerprint density at radius 3 is 2.62 bits per heavy atom. The number of hydrogen-bond acceptors (Lipinski definition) is 6. The van der Waals surface area contributed by atoms with Gasteiger partial charge in [-0.05, 0) is 55.0 Å². The van der Waals surface area contributed by atoms with Crippen molar-refractivity contribution in [2.45, 2.75) is 13.5 Å². The van der Waals surface area contributed by atoms with E-state index in [1.54, 1.807) is 18.3 Å². The Morgan fingerprint density at radius 2 is 1.82 bits per heavy atom. The van der Waals surface area contributed by atoms with Crippen LogP contribution in [0.15, 0.2) is 71.1 Å². The van der Waals surface area contributed by atoms with E-state index in [0.29, 0.717) is 44.9 Å². The first kappa shape index (κ1) is 24.4. The summed E-state index contributed by atoms with van der Waals surface area (Å²) in [5.74, 6) is 1.27. The van der Waals surface area contributed by atoms with Crippen molar-refractivity contribution in [1.29, 1.82) is 0 Å². The summed E-state index contributed by atoms with van der Waals surface area (Å²) in [6, 6.07) is 18.5. The zero-order valence-electron chi connectivity index (χ0n) is 18.1. The summed E-state index contributed by atoms with van der Waals surface area (Å²) < 4.78 is 11.7. The number of nitrogens with zero attached hydrogens (tertiary/aromatic N) is 2. The highest BCUT2D eigenvalue weighted by Gasteiger charge is 2.10. The summed E-state index contributed by atoms with van der Waals surface area (Å²) in [5, 5.41) is 8.64. The molecule has 0 aliphatic rings. The van der Waals surface area contributed by atoms with Crippen LogP contribution in [-0.4, -0.2) is 17.8 Å². The molecule has 0 aliphatic heterocycles. The number of aromatic nitrogens is 1. The van der Waals surface area contributed by atoms with Gasteiger partial charge in [0.1, 0.15) is 6.61 Å². The largest absolute Gasteiger partial charge is 0.490 e. The maximum Gasteiger partial charge on any atom is 0.203 e. The van der Waals surface area contributed by atoms with E-state index < -0.39 is 0 Å². The molecule has 4 aromatic rings. The molecule has 0 unspecified atom stereocenters. The number of hydrazone groups is 1. The van der Waals surface area contributed by atoms with E-state index in [1.165, 1.54) is 11.3 Å². The maximum atomic E-state index is 6.28. The first-order valence-corrected chi connectivity index (χ1v) is 12.4. The number of ether oxygens (including phenoxy) is 2. The molecule has 0 radical (unpaired) electrons. The van der Waals surface area contributed by atoms with Crippen LogP contribution in [0.1, 0.15) is 18.1 Å². The van der Waals surface area contributed by atoms with Gasteiger partial charge in [-0.1, -0.05) is 53.0 Å². The van der Waals surface area contributed by atoms with Crippen molar-refractivity contribution in [3.8, 4) is 22.8 Å². The molecular formula is C25H20Cl3N3O2S. The van der Waals surface area contributed by atoms with Crippen LogP contribution in [0.5, 0.6) is 11.5 Å². The molecule has 0 aliphatic carbocycles. The molecule has 34 heavy (non-hydrogen) atoms. The van der Waals surface area contributed by atoms with Gasteiger partial charge >= 0.3 is 0 Å². The van der Waals surface area contributed by atoms with Gasteiger partial charge in [-0.2, -0.15) is 5.10 Å². The summed E-state index contributed by atoms with van der Waals surface area (Å²) >= 11 is 19.9. The fraction of sp³-hybridized carbons (Fsp3) is 0.120. The van der Waals surface area contributed by atoms with Crippen molar-refractivity contribution >= 4 is 57.5 Å². The topological polar surface area (TPSA) is 55.7 Å². The molecule has 174 valence electrons. The minimum absolute atomic E-state index is 0.346. The molecule has 0 atom stereocenters. The number of halogens is 3. The van der Waals surface area contributed by atoms with Crippen molar-refractivity contribution in [3.63, 3.8) is 0 Å². The van der Waals surface area contributed by atoms with Gasteiger partial charge in [-0.25, -0.2) is 4.98 Å². The first-order valence-electron chi connectivity index (χ1n) is 10.4. The molecule has 4 rings (SSSR count). The fourth-order valence-electron chi connectivity index (χ4n) is 3.07. The minimum Gasteiger partial charge on any atom is -0.490 e. The molecule has 1 heterocycles. The Hall–Kier alpha value is -2.77. The van der Waals surface area contributed by atoms with E-state index in [2.05, 4.69) is 15.5 Å². The molecule has 0 spiro atoms. The SMILES string of the molecule is CCOc1cc(C=NNc2nc(-c3ccc(Cl)cc3Cl)cs2)ccc1OCc1ccccc1Cl. The van der Waals surface area contributed by atoms with E-state index in [-0.39, 0.29) is 0 Å². The van der Waals surface area contributed by atoms with E-state index in [0.717, 1.165) is 22.4 Å². The van der Waals surface area contributed by atoms with Crippen LogP contribution in [0.3, 0.4) is 0 Å². The van der Waals surface area contributed by atoms with Crippen LogP contribution < -0.4 is 14.9 Å². The van der Waals surface area contributed by atoms with E-state index in [1.807, 2.05) is 60.8 Å². The van der Waals surface area contributed by atoms with Crippen molar-refractivity contribution in [2.75, 3.05) is 12.0 Å². The zero-order valence-corrected chi connectivity index (χ0v) is 21.2. The predicted octanol–water partition coefficient (Wildman–Crippen LogP) is 8.19. The monoisotopic (exact) mass is 531 g/mol. The van der Waals surface area contributed by atoms with Crippen molar-refractivity contribution in [3.05, 3.63) is 92.2 Å². The van der Waals surface area contributed by atoms with Crippen LogP contribution in [0.25, 0.3) is 11.3 Å². The van der Waals surface area contributed by atoms with E-state index >= 15 is 0 Å². The predicted molar refractivity (Wildman–Crippen MR) is 142 cm³/mol. The Bertz CT molecular complexity index is 1310. The summed E-state index contributed by atoms with van der Waals surface area (Å²) in [4.78, 5) is 4.53. The molecule has 9 heteroatoms. The fourth-order valence-corrected chi connectivity index (χ4v) is 4.43. The van der Waals surface area contributed by atoms with E-state index in [4.69, 9.17) is 44.3 Å². The molecule has 0 saturated carbocycles. The van der Waals surface area contributed by atoms with E-state index in [9.17, 15) is 0 Å². The zero-order chi connectivity index (χ0) is 23.9. The second kappa shape index (κ2) is 11.6. The van der Waals surface area contributed by atoms with Gasteiger partial charge in [-0.3, -0.25) is 5.43 Å². The normalized spacial score (nSPS) is 11.1. The van der Waals surface area contributed by atoms with Crippen molar-refractivity contribution in [1.82, 2.24) is 4.98 Å². The van der Waals surface area contributed by atoms with Crippen LogP contribution >= 0.6 is 46.1 Å². The lowest BCUT2D eigenvalue weighted by molar-refractivity contribution is 0.269. The summed E-state index contributed by atoms with van der Waals surface area (Å²) in [7, 11) is 0. The summed E-state index contributed by atoms with van der Waals surface area (Å²) in [5.41, 5.74) is 6.27. The third-order valence-corrected chi connectivity index (χ3v) is 6.36. The number of nitrogens with one attached hydrogen (secondary N) is 1. The molecule has 0 saturated heterocycles. The second-order valence-electron chi connectivity index (χ2n) is 7.05. The van der Waals surface area contributed by atoms with Gasteiger partial charge in [0.25, 0.3) is 0 Å². The first-order chi connectivity index (χ1) is 16.5. The molecule has 1 aromatic heterocycles. The number of benzene rings is 3. The van der Waals surface area contributed by atoms with Gasteiger partial charge in [-0.15, -0.1) is 11.3 Å².